The highest BCUT2D eigenvalue weighted by molar-refractivity contribution is 7.80. The summed E-state index contributed by atoms with van der Waals surface area (Å²) in [6, 6.07) is -3.35. The maximum absolute atomic E-state index is 12.3. The van der Waals surface area contributed by atoms with E-state index in [2.05, 4.69) is 28.6 Å². The Balaban J connectivity index is 4.77. The third-order valence-electron chi connectivity index (χ3n) is 3.58. The monoisotopic (exact) mass is 420 g/mol. The summed E-state index contributed by atoms with van der Waals surface area (Å²) in [5.74, 6) is -4.30. The number of primary amides is 1. The Hall–Kier alpha value is -2.38. The van der Waals surface area contributed by atoms with Gasteiger partial charge in [-0.1, -0.05) is 0 Å². The number of nitrogens with one attached hydrogen (secondary N) is 3. The standard InChI is InChI=1S/C15H28N6O6S/c16-4-2-1-3-9(21-13(24)8(17)7-28)14(25)19-6-12(23)20-10(15(26)27)5-11(18)22/h8-10,28H,1-7,16-17H2,(H2,18,22)(H,19,25)(H,20,23)(H,21,24)(H,26,27). The Labute approximate surface area is 167 Å². The summed E-state index contributed by atoms with van der Waals surface area (Å²) >= 11 is 3.92. The van der Waals surface area contributed by atoms with Crippen LogP contribution in [-0.2, 0) is 24.0 Å². The third kappa shape index (κ3) is 10.7. The highest BCUT2D eigenvalue weighted by Crippen LogP contribution is 2.02. The Morgan fingerprint density at radius 1 is 1.00 bits per heavy atom. The van der Waals surface area contributed by atoms with Crippen molar-refractivity contribution >= 4 is 42.2 Å². The number of hydrogen-bond donors (Lipinski definition) is 8. The maximum atomic E-state index is 12.3. The molecule has 0 aromatic heterocycles. The number of carboxylic acid groups (broad SMARTS) is 1. The first-order valence-corrected chi connectivity index (χ1v) is 9.20. The average Bonchev–Trinajstić information content (AvgIpc) is 2.63. The van der Waals surface area contributed by atoms with Crippen LogP contribution >= 0.6 is 12.6 Å². The van der Waals surface area contributed by atoms with E-state index in [1.165, 1.54) is 0 Å². The summed E-state index contributed by atoms with van der Waals surface area (Å²) in [4.78, 5) is 57.9. The van der Waals surface area contributed by atoms with Gasteiger partial charge in [0.15, 0.2) is 0 Å². The molecule has 0 rings (SSSR count). The van der Waals surface area contributed by atoms with E-state index < -0.39 is 60.7 Å². The fourth-order valence-electron chi connectivity index (χ4n) is 2.06. The molecule has 0 heterocycles. The minimum Gasteiger partial charge on any atom is -0.480 e. The van der Waals surface area contributed by atoms with Crippen LogP contribution in [0.15, 0.2) is 0 Å². The molecule has 3 atom stereocenters. The smallest absolute Gasteiger partial charge is 0.326 e. The van der Waals surface area contributed by atoms with Crippen molar-refractivity contribution in [3.05, 3.63) is 0 Å². The van der Waals surface area contributed by atoms with Crippen LogP contribution < -0.4 is 33.2 Å². The van der Waals surface area contributed by atoms with Crippen molar-refractivity contribution in [1.82, 2.24) is 16.0 Å². The van der Waals surface area contributed by atoms with E-state index in [1.54, 1.807) is 0 Å². The molecule has 0 aliphatic carbocycles. The van der Waals surface area contributed by atoms with Crippen molar-refractivity contribution in [1.29, 1.82) is 0 Å². The summed E-state index contributed by atoms with van der Waals surface area (Å²) in [5, 5.41) is 15.8. The Bertz CT molecular complexity index is 575. The summed E-state index contributed by atoms with van der Waals surface area (Å²) in [6.45, 7) is -0.138. The second-order valence-corrected chi connectivity index (χ2v) is 6.35. The van der Waals surface area contributed by atoms with E-state index in [0.29, 0.717) is 19.4 Å². The second-order valence-electron chi connectivity index (χ2n) is 5.98. The molecule has 0 radical (unpaired) electrons. The average molecular weight is 420 g/mol. The molecule has 13 heteroatoms. The zero-order valence-electron chi connectivity index (χ0n) is 15.3. The highest BCUT2D eigenvalue weighted by atomic mass is 32.1. The fourth-order valence-corrected chi connectivity index (χ4v) is 2.23. The minimum absolute atomic E-state index is 0.0851. The van der Waals surface area contributed by atoms with Gasteiger partial charge in [-0.05, 0) is 25.8 Å². The molecule has 160 valence electrons. The van der Waals surface area contributed by atoms with Crippen molar-refractivity contribution in [2.45, 2.75) is 43.8 Å². The molecule has 0 saturated heterocycles. The van der Waals surface area contributed by atoms with Crippen LogP contribution in [0.5, 0.6) is 0 Å². The lowest BCUT2D eigenvalue weighted by molar-refractivity contribution is -0.143. The van der Waals surface area contributed by atoms with E-state index in [9.17, 15) is 24.0 Å². The van der Waals surface area contributed by atoms with Crippen LogP contribution in [0.4, 0.5) is 0 Å². The van der Waals surface area contributed by atoms with Gasteiger partial charge in [0.1, 0.15) is 12.1 Å². The van der Waals surface area contributed by atoms with E-state index >= 15 is 0 Å². The quantitative estimate of drug-likeness (QED) is 0.103. The Morgan fingerprint density at radius 3 is 2.14 bits per heavy atom. The van der Waals surface area contributed by atoms with Crippen LogP contribution in [0, 0.1) is 0 Å². The number of carbonyl (C=O) groups is 5. The molecule has 0 fully saturated rings. The minimum atomic E-state index is -1.50. The van der Waals surface area contributed by atoms with E-state index in [1.807, 2.05) is 0 Å². The lowest BCUT2D eigenvalue weighted by atomic mass is 10.1. The lowest BCUT2D eigenvalue weighted by Crippen LogP contribution is -2.54. The molecule has 12 nitrogen and oxygen atoms in total. The highest BCUT2D eigenvalue weighted by Gasteiger charge is 2.25. The molecule has 0 aromatic carbocycles. The van der Waals surface area contributed by atoms with Gasteiger partial charge in [0.05, 0.1) is 19.0 Å². The molecule has 4 amide bonds. The predicted octanol–water partition coefficient (Wildman–Crippen LogP) is -3.58. The number of nitrogens with two attached hydrogens (primary N) is 3. The summed E-state index contributed by atoms with van der Waals surface area (Å²) in [5.41, 5.74) is 15.9. The number of hydrogen-bond acceptors (Lipinski definition) is 8. The van der Waals surface area contributed by atoms with Crippen LogP contribution in [0.25, 0.3) is 0 Å². The summed E-state index contributed by atoms with van der Waals surface area (Å²) < 4.78 is 0. The number of unbranched alkanes of at least 4 members (excludes halogenated alkanes) is 1. The molecule has 28 heavy (non-hydrogen) atoms. The van der Waals surface area contributed by atoms with Gasteiger partial charge < -0.3 is 38.3 Å². The largest absolute Gasteiger partial charge is 0.480 e. The summed E-state index contributed by atoms with van der Waals surface area (Å²) in [6.07, 6.45) is 0.868. The van der Waals surface area contributed by atoms with Gasteiger partial charge in [0, 0.05) is 5.75 Å². The van der Waals surface area contributed by atoms with Crippen LogP contribution in [0.2, 0.25) is 0 Å². The second kappa shape index (κ2) is 13.7. The van der Waals surface area contributed by atoms with Crippen molar-refractivity contribution in [2.24, 2.45) is 17.2 Å². The Morgan fingerprint density at radius 2 is 1.64 bits per heavy atom. The SMILES string of the molecule is NCCCCC(NC(=O)C(N)CS)C(=O)NCC(=O)NC(CC(N)=O)C(=O)O. The van der Waals surface area contributed by atoms with E-state index in [0.717, 1.165) is 0 Å². The number of rotatable bonds is 14. The molecule has 0 bridgehead atoms. The molecule has 10 N–H and O–H groups in total. The Kier molecular flexibility index (Phi) is 12.6. The van der Waals surface area contributed by atoms with Gasteiger partial charge in [0.2, 0.25) is 23.6 Å². The number of amides is 4. The topological polar surface area (TPSA) is 220 Å². The van der Waals surface area contributed by atoms with E-state index in [4.69, 9.17) is 22.3 Å². The van der Waals surface area contributed by atoms with Gasteiger partial charge in [-0.3, -0.25) is 19.2 Å². The normalized spacial score (nSPS) is 13.7. The van der Waals surface area contributed by atoms with Gasteiger partial charge in [0.25, 0.3) is 0 Å². The van der Waals surface area contributed by atoms with Crippen molar-refractivity contribution in [2.75, 3.05) is 18.8 Å². The zero-order chi connectivity index (χ0) is 21.7. The molecule has 0 aliphatic heterocycles. The first kappa shape index (κ1) is 25.6. The zero-order valence-corrected chi connectivity index (χ0v) is 16.2. The van der Waals surface area contributed by atoms with Crippen LogP contribution in [0.1, 0.15) is 25.7 Å². The molecule has 3 unspecified atom stereocenters. The van der Waals surface area contributed by atoms with Gasteiger partial charge in [-0.25, -0.2) is 4.79 Å². The number of aliphatic carboxylic acids is 1. The molecule has 0 spiro atoms. The van der Waals surface area contributed by atoms with Gasteiger partial charge in [-0.2, -0.15) is 12.6 Å². The molecule has 0 saturated carbocycles. The molecule has 0 aliphatic rings. The number of carbonyl (C=O) groups excluding carboxylic acids is 4. The van der Waals surface area contributed by atoms with E-state index in [-0.39, 0.29) is 12.2 Å². The van der Waals surface area contributed by atoms with Crippen LogP contribution in [0.3, 0.4) is 0 Å². The predicted molar refractivity (Wildman–Crippen MR) is 103 cm³/mol. The number of thiol groups is 1. The van der Waals surface area contributed by atoms with Gasteiger partial charge >= 0.3 is 5.97 Å². The number of carboxylic acids is 1. The molecular weight excluding hydrogens is 392 g/mol. The fraction of sp³-hybridized carbons (Fsp3) is 0.667. The maximum Gasteiger partial charge on any atom is 0.326 e. The first-order valence-electron chi connectivity index (χ1n) is 8.57. The summed E-state index contributed by atoms with van der Waals surface area (Å²) in [7, 11) is 0. The molecular formula is C15H28N6O6S. The lowest BCUT2D eigenvalue weighted by Gasteiger charge is -2.20. The first-order chi connectivity index (χ1) is 13.1. The van der Waals surface area contributed by atoms with Gasteiger partial charge in [-0.15, -0.1) is 0 Å². The third-order valence-corrected chi connectivity index (χ3v) is 3.97. The van der Waals surface area contributed by atoms with Crippen LogP contribution in [-0.4, -0.2) is 71.7 Å². The van der Waals surface area contributed by atoms with Crippen molar-refractivity contribution in [3.63, 3.8) is 0 Å². The van der Waals surface area contributed by atoms with Crippen molar-refractivity contribution in [3.8, 4) is 0 Å². The van der Waals surface area contributed by atoms with Crippen molar-refractivity contribution < 1.29 is 29.1 Å². The molecule has 0 aromatic rings.